The summed E-state index contributed by atoms with van der Waals surface area (Å²) in [7, 11) is 0. The number of nitrogens with one attached hydrogen (secondary N) is 1. The molecule has 0 atom stereocenters. The maximum atomic E-state index is 4.39. The summed E-state index contributed by atoms with van der Waals surface area (Å²) in [6.45, 7) is 5.74. The predicted octanol–water partition coefficient (Wildman–Crippen LogP) is 5.16. The maximum absolute atomic E-state index is 4.39. The zero-order chi connectivity index (χ0) is 15.6. The second kappa shape index (κ2) is 8.37. The van der Waals surface area contributed by atoms with E-state index < -0.39 is 0 Å². The van der Waals surface area contributed by atoms with Gasteiger partial charge in [-0.3, -0.25) is 0 Å². The third kappa shape index (κ3) is 4.87. The monoisotopic (exact) mass is 289 g/mol. The Morgan fingerprint density at radius 2 is 1.77 bits per heavy atom. The van der Waals surface area contributed by atoms with Gasteiger partial charge in [0.15, 0.2) is 0 Å². The standard InChI is InChI=1S/C19H19N3/c1-3-5-9-16(4-2)14-20-18-12-13-19(22-18)21-15-17-10-7-6-8-11-17/h3-15,22H,2H2,1H3/b5-3-,16-9+,20-14+,21-15+. The van der Waals surface area contributed by atoms with Gasteiger partial charge in [-0.2, -0.15) is 0 Å². The molecule has 0 aliphatic rings. The summed E-state index contributed by atoms with van der Waals surface area (Å²) < 4.78 is 0. The Labute approximate surface area is 131 Å². The summed E-state index contributed by atoms with van der Waals surface area (Å²) in [5, 5.41) is 0. The van der Waals surface area contributed by atoms with Crippen LogP contribution in [-0.4, -0.2) is 17.4 Å². The third-order valence-electron chi connectivity index (χ3n) is 2.88. The molecule has 0 fully saturated rings. The molecule has 22 heavy (non-hydrogen) atoms. The molecule has 0 radical (unpaired) electrons. The lowest BCUT2D eigenvalue weighted by molar-refractivity contribution is 1.31. The van der Waals surface area contributed by atoms with Crippen LogP contribution in [0.25, 0.3) is 0 Å². The largest absolute Gasteiger partial charge is 0.325 e. The van der Waals surface area contributed by atoms with Gasteiger partial charge in [0.2, 0.25) is 0 Å². The summed E-state index contributed by atoms with van der Waals surface area (Å²) in [6.07, 6.45) is 11.2. The highest BCUT2D eigenvalue weighted by Gasteiger charge is 1.94. The van der Waals surface area contributed by atoms with Crippen molar-refractivity contribution in [2.75, 3.05) is 0 Å². The number of benzene rings is 1. The molecule has 110 valence electrons. The number of rotatable bonds is 6. The van der Waals surface area contributed by atoms with E-state index in [0.717, 1.165) is 22.8 Å². The van der Waals surface area contributed by atoms with Crippen LogP contribution >= 0.6 is 0 Å². The zero-order valence-corrected chi connectivity index (χ0v) is 12.6. The number of hydrogen-bond donors (Lipinski definition) is 1. The summed E-state index contributed by atoms with van der Waals surface area (Å²) in [6, 6.07) is 13.8. The first-order valence-electron chi connectivity index (χ1n) is 7.09. The van der Waals surface area contributed by atoms with E-state index in [4.69, 9.17) is 0 Å². The number of nitrogens with zero attached hydrogens (tertiary/aromatic N) is 2. The Morgan fingerprint density at radius 3 is 2.45 bits per heavy atom. The summed E-state index contributed by atoms with van der Waals surface area (Å²) >= 11 is 0. The van der Waals surface area contributed by atoms with Crippen LogP contribution in [0.3, 0.4) is 0 Å². The first-order valence-corrected chi connectivity index (χ1v) is 7.09. The fraction of sp³-hybridized carbons (Fsp3) is 0.0526. The molecule has 1 aromatic heterocycles. The van der Waals surface area contributed by atoms with Gasteiger partial charge in [-0.1, -0.05) is 61.2 Å². The third-order valence-corrected chi connectivity index (χ3v) is 2.88. The molecule has 3 nitrogen and oxygen atoms in total. The Hall–Kier alpha value is -2.94. The minimum atomic E-state index is 0.758. The first-order chi connectivity index (χ1) is 10.8. The summed E-state index contributed by atoms with van der Waals surface area (Å²) in [4.78, 5) is 11.9. The Bertz CT molecular complexity index is 716. The molecule has 2 aromatic rings. The molecular weight excluding hydrogens is 270 g/mol. The smallest absolute Gasteiger partial charge is 0.131 e. The van der Waals surface area contributed by atoms with Gasteiger partial charge in [0.05, 0.1) is 0 Å². The second-order valence-electron chi connectivity index (χ2n) is 4.55. The lowest BCUT2D eigenvalue weighted by Gasteiger charge is -1.91. The van der Waals surface area contributed by atoms with E-state index in [-0.39, 0.29) is 0 Å². The minimum absolute atomic E-state index is 0.758. The van der Waals surface area contributed by atoms with E-state index in [1.807, 2.05) is 73.8 Å². The highest BCUT2D eigenvalue weighted by atomic mass is 15.0. The summed E-state index contributed by atoms with van der Waals surface area (Å²) in [5.41, 5.74) is 2.01. The predicted molar refractivity (Wildman–Crippen MR) is 95.7 cm³/mol. The lowest BCUT2D eigenvalue weighted by atomic mass is 10.2. The van der Waals surface area contributed by atoms with Crippen molar-refractivity contribution in [1.29, 1.82) is 0 Å². The molecule has 0 aliphatic heterocycles. The highest BCUT2D eigenvalue weighted by molar-refractivity contribution is 5.84. The van der Waals surface area contributed by atoms with Crippen molar-refractivity contribution in [1.82, 2.24) is 4.98 Å². The molecular formula is C19H19N3. The van der Waals surface area contributed by atoms with Crippen LogP contribution in [0.2, 0.25) is 0 Å². The highest BCUT2D eigenvalue weighted by Crippen LogP contribution is 2.17. The number of H-pyrrole nitrogens is 1. The quantitative estimate of drug-likeness (QED) is 0.564. The van der Waals surface area contributed by atoms with Crippen LogP contribution < -0.4 is 0 Å². The van der Waals surface area contributed by atoms with E-state index in [2.05, 4.69) is 21.5 Å². The van der Waals surface area contributed by atoms with Crippen molar-refractivity contribution in [3.8, 4) is 0 Å². The van der Waals surface area contributed by atoms with Crippen molar-refractivity contribution in [3.63, 3.8) is 0 Å². The van der Waals surface area contributed by atoms with Crippen molar-refractivity contribution in [2.45, 2.75) is 6.92 Å². The second-order valence-corrected chi connectivity index (χ2v) is 4.55. The molecule has 2 rings (SSSR count). The van der Waals surface area contributed by atoms with Crippen molar-refractivity contribution >= 4 is 24.1 Å². The SMILES string of the molecule is C=CC(/C=N/c1ccc(/N=C/c2ccccc2)[nH]1)=C\C=C/C. The molecule has 0 aliphatic carbocycles. The number of allylic oxidation sites excluding steroid dienone is 5. The average molecular weight is 289 g/mol. The van der Waals surface area contributed by atoms with E-state index >= 15 is 0 Å². The number of aromatic nitrogens is 1. The minimum Gasteiger partial charge on any atom is -0.325 e. The van der Waals surface area contributed by atoms with Crippen LogP contribution in [0.4, 0.5) is 11.6 Å². The molecule has 0 saturated heterocycles. The Balaban J connectivity index is 2.05. The molecule has 0 amide bonds. The molecule has 1 aromatic carbocycles. The van der Waals surface area contributed by atoms with E-state index in [9.17, 15) is 0 Å². The van der Waals surface area contributed by atoms with Crippen molar-refractivity contribution in [3.05, 3.63) is 84.5 Å². The first kappa shape index (κ1) is 15.4. The van der Waals surface area contributed by atoms with Gasteiger partial charge >= 0.3 is 0 Å². The van der Waals surface area contributed by atoms with Gasteiger partial charge in [0.1, 0.15) is 11.6 Å². The molecule has 1 N–H and O–H groups in total. The zero-order valence-electron chi connectivity index (χ0n) is 12.6. The van der Waals surface area contributed by atoms with Crippen LogP contribution in [0.15, 0.2) is 88.9 Å². The molecule has 3 heteroatoms. The van der Waals surface area contributed by atoms with Gasteiger partial charge < -0.3 is 4.98 Å². The van der Waals surface area contributed by atoms with Gasteiger partial charge in [-0.15, -0.1) is 0 Å². The Morgan fingerprint density at radius 1 is 1.05 bits per heavy atom. The fourth-order valence-corrected chi connectivity index (χ4v) is 1.72. The average Bonchev–Trinajstić information content (AvgIpc) is 3.02. The van der Waals surface area contributed by atoms with Crippen LogP contribution in [0, 0.1) is 0 Å². The van der Waals surface area contributed by atoms with E-state index in [0.29, 0.717) is 0 Å². The van der Waals surface area contributed by atoms with Gasteiger partial charge in [-0.25, -0.2) is 9.98 Å². The summed E-state index contributed by atoms with van der Waals surface area (Å²) in [5.74, 6) is 1.53. The number of aromatic amines is 1. The van der Waals surface area contributed by atoms with Crippen LogP contribution in [0.1, 0.15) is 12.5 Å². The van der Waals surface area contributed by atoms with Gasteiger partial charge in [0.25, 0.3) is 0 Å². The maximum Gasteiger partial charge on any atom is 0.131 e. The van der Waals surface area contributed by atoms with E-state index in [1.165, 1.54) is 0 Å². The molecule has 0 unspecified atom stereocenters. The van der Waals surface area contributed by atoms with Crippen LogP contribution in [-0.2, 0) is 0 Å². The topological polar surface area (TPSA) is 40.5 Å². The molecule has 0 saturated carbocycles. The van der Waals surface area contributed by atoms with Crippen molar-refractivity contribution < 1.29 is 0 Å². The van der Waals surface area contributed by atoms with Gasteiger partial charge in [0, 0.05) is 12.4 Å². The fourth-order valence-electron chi connectivity index (χ4n) is 1.72. The molecule has 0 spiro atoms. The van der Waals surface area contributed by atoms with Crippen LogP contribution in [0.5, 0.6) is 0 Å². The van der Waals surface area contributed by atoms with E-state index in [1.54, 1.807) is 12.3 Å². The van der Waals surface area contributed by atoms with Gasteiger partial charge in [-0.05, 0) is 30.2 Å². The Kier molecular flexibility index (Phi) is 5.88. The number of hydrogen-bond acceptors (Lipinski definition) is 2. The molecule has 1 heterocycles. The lowest BCUT2D eigenvalue weighted by Crippen LogP contribution is -1.78. The number of aliphatic imine (C=N–C) groups is 2. The normalized spacial score (nSPS) is 12.7. The van der Waals surface area contributed by atoms with Crippen molar-refractivity contribution in [2.24, 2.45) is 9.98 Å². The molecule has 0 bridgehead atoms.